The SMILES string of the molecule is CCCCCCCCCCCCCCCCOC(=O)CCC(=O)OCc1ccccc1C(F)(F)F. The van der Waals surface area contributed by atoms with E-state index in [-0.39, 0.29) is 18.4 Å². The molecule has 0 saturated carbocycles. The third kappa shape index (κ3) is 16.3. The van der Waals surface area contributed by atoms with E-state index in [0.717, 1.165) is 25.3 Å². The Morgan fingerprint density at radius 1 is 0.686 bits per heavy atom. The second-order valence-electron chi connectivity index (χ2n) is 9.13. The van der Waals surface area contributed by atoms with Crippen LogP contribution in [0.5, 0.6) is 0 Å². The Hall–Kier alpha value is -2.05. The normalized spacial score (nSPS) is 11.4. The second kappa shape index (κ2) is 19.2. The largest absolute Gasteiger partial charge is 0.466 e. The Morgan fingerprint density at radius 2 is 1.14 bits per heavy atom. The van der Waals surface area contributed by atoms with Gasteiger partial charge in [0.2, 0.25) is 0 Å². The van der Waals surface area contributed by atoms with Crippen LogP contribution >= 0.6 is 0 Å². The highest BCUT2D eigenvalue weighted by molar-refractivity contribution is 5.77. The number of unbranched alkanes of at least 4 members (excludes halogenated alkanes) is 13. The van der Waals surface area contributed by atoms with Gasteiger partial charge in [0.1, 0.15) is 6.61 Å². The van der Waals surface area contributed by atoms with E-state index in [0.29, 0.717) is 6.61 Å². The molecular formula is C28H43F3O4. The molecule has 35 heavy (non-hydrogen) atoms. The Morgan fingerprint density at radius 3 is 1.66 bits per heavy atom. The molecule has 0 N–H and O–H groups in total. The van der Waals surface area contributed by atoms with Crippen molar-refractivity contribution in [2.24, 2.45) is 0 Å². The fourth-order valence-corrected chi connectivity index (χ4v) is 3.91. The van der Waals surface area contributed by atoms with Crippen molar-refractivity contribution in [1.29, 1.82) is 0 Å². The molecule has 0 atom stereocenters. The summed E-state index contributed by atoms with van der Waals surface area (Å²) in [5.74, 6) is -1.22. The number of carbonyl (C=O) groups excluding carboxylic acids is 2. The van der Waals surface area contributed by atoms with Crippen LogP contribution in [0, 0.1) is 0 Å². The molecule has 0 aliphatic carbocycles. The predicted octanol–water partition coefficient (Wildman–Crippen LogP) is 8.55. The van der Waals surface area contributed by atoms with Gasteiger partial charge in [-0.05, 0) is 12.5 Å². The number of ether oxygens (including phenoxy) is 2. The summed E-state index contributed by atoms with van der Waals surface area (Å²) in [5.41, 5.74) is -0.950. The van der Waals surface area contributed by atoms with E-state index in [9.17, 15) is 22.8 Å². The molecule has 0 spiro atoms. The molecule has 7 heteroatoms. The summed E-state index contributed by atoms with van der Waals surface area (Å²) in [6.45, 7) is 2.08. The highest BCUT2D eigenvalue weighted by Crippen LogP contribution is 2.32. The van der Waals surface area contributed by atoms with Crippen molar-refractivity contribution in [1.82, 2.24) is 0 Å². The van der Waals surface area contributed by atoms with Crippen LogP contribution in [0.1, 0.15) is 121 Å². The maximum Gasteiger partial charge on any atom is 0.416 e. The van der Waals surface area contributed by atoms with Crippen molar-refractivity contribution in [3.05, 3.63) is 35.4 Å². The molecule has 0 saturated heterocycles. The van der Waals surface area contributed by atoms with Gasteiger partial charge in [-0.25, -0.2) is 0 Å². The molecule has 0 unspecified atom stereocenters. The van der Waals surface area contributed by atoms with Gasteiger partial charge in [-0.2, -0.15) is 13.2 Å². The minimum absolute atomic E-state index is 0.117. The van der Waals surface area contributed by atoms with Gasteiger partial charge in [0.05, 0.1) is 25.0 Å². The van der Waals surface area contributed by atoms with Crippen LogP contribution in [0.3, 0.4) is 0 Å². The standard InChI is InChI=1S/C28H43F3O4/c1-2-3-4-5-6-7-8-9-10-11-12-13-14-17-22-34-26(32)20-21-27(33)35-23-24-18-15-16-19-25(24)28(29,30)31/h15-16,18-19H,2-14,17,20-23H2,1H3. The fraction of sp³-hybridized carbons (Fsp3) is 0.714. The first-order chi connectivity index (χ1) is 16.8. The summed E-state index contributed by atoms with van der Waals surface area (Å²) in [6, 6.07) is 4.94. The van der Waals surface area contributed by atoms with Gasteiger partial charge in [-0.15, -0.1) is 0 Å². The van der Waals surface area contributed by atoms with E-state index in [1.54, 1.807) is 0 Å². The molecule has 0 radical (unpaired) electrons. The third-order valence-electron chi connectivity index (χ3n) is 6.01. The first kappa shape index (κ1) is 31.0. The number of esters is 2. The molecule has 1 aromatic rings. The lowest BCUT2D eigenvalue weighted by Gasteiger charge is -2.12. The Balaban J connectivity index is 1.96. The van der Waals surface area contributed by atoms with Gasteiger partial charge in [-0.1, -0.05) is 109 Å². The number of hydrogen-bond acceptors (Lipinski definition) is 4. The van der Waals surface area contributed by atoms with Crippen LogP contribution in [-0.4, -0.2) is 18.5 Å². The number of rotatable bonds is 20. The van der Waals surface area contributed by atoms with Crippen molar-refractivity contribution in [2.75, 3.05) is 6.61 Å². The van der Waals surface area contributed by atoms with Gasteiger partial charge in [0.25, 0.3) is 0 Å². The zero-order chi connectivity index (χ0) is 25.8. The summed E-state index contributed by atoms with van der Waals surface area (Å²) in [5, 5.41) is 0. The minimum Gasteiger partial charge on any atom is -0.466 e. The molecule has 1 aromatic carbocycles. The molecule has 0 aliphatic rings. The monoisotopic (exact) mass is 500 g/mol. The summed E-state index contributed by atoms with van der Waals surface area (Å²) < 4.78 is 48.9. The lowest BCUT2D eigenvalue weighted by molar-refractivity contribution is -0.152. The maximum absolute atomic E-state index is 13.0. The lowest BCUT2D eigenvalue weighted by atomic mass is 10.0. The molecule has 0 amide bonds. The second-order valence-corrected chi connectivity index (χ2v) is 9.13. The predicted molar refractivity (Wildman–Crippen MR) is 132 cm³/mol. The minimum atomic E-state index is -4.51. The van der Waals surface area contributed by atoms with E-state index in [4.69, 9.17) is 9.47 Å². The van der Waals surface area contributed by atoms with Gasteiger partial charge >= 0.3 is 18.1 Å². The van der Waals surface area contributed by atoms with E-state index in [1.165, 1.54) is 88.8 Å². The average molecular weight is 501 g/mol. The Labute approximate surface area is 209 Å². The summed E-state index contributed by atoms with van der Waals surface area (Å²) >= 11 is 0. The maximum atomic E-state index is 13.0. The highest BCUT2D eigenvalue weighted by atomic mass is 19.4. The van der Waals surface area contributed by atoms with E-state index in [2.05, 4.69) is 6.92 Å². The molecule has 1 rings (SSSR count). The zero-order valence-corrected chi connectivity index (χ0v) is 21.3. The van der Waals surface area contributed by atoms with Crippen LogP contribution in [0.4, 0.5) is 13.2 Å². The van der Waals surface area contributed by atoms with Crippen molar-refractivity contribution in [2.45, 2.75) is 122 Å². The number of halogens is 3. The quantitative estimate of drug-likeness (QED) is 0.133. The van der Waals surface area contributed by atoms with E-state index in [1.807, 2.05) is 0 Å². The molecule has 0 aromatic heterocycles. The molecule has 200 valence electrons. The van der Waals surface area contributed by atoms with Gasteiger partial charge in [0, 0.05) is 5.56 Å². The molecule has 0 bridgehead atoms. The van der Waals surface area contributed by atoms with Crippen LogP contribution in [0.15, 0.2) is 24.3 Å². The smallest absolute Gasteiger partial charge is 0.416 e. The van der Waals surface area contributed by atoms with Crippen molar-refractivity contribution in [3.8, 4) is 0 Å². The average Bonchev–Trinajstić information content (AvgIpc) is 2.83. The van der Waals surface area contributed by atoms with Gasteiger partial charge in [-0.3, -0.25) is 9.59 Å². The molecular weight excluding hydrogens is 457 g/mol. The molecule has 4 nitrogen and oxygen atoms in total. The molecule has 0 aliphatic heterocycles. The fourth-order valence-electron chi connectivity index (χ4n) is 3.91. The zero-order valence-electron chi connectivity index (χ0n) is 21.3. The number of carbonyl (C=O) groups is 2. The van der Waals surface area contributed by atoms with E-state index >= 15 is 0 Å². The molecule has 0 heterocycles. The van der Waals surface area contributed by atoms with Crippen molar-refractivity contribution < 1.29 is 32.2 Å². The van der Waals surface area contributed by atoms with E-state index < -0.39 is 30.3 Å². The first-order valence-corrected chi connectivity index (χ1v) is 13.3. The lowest BCUT2D eigenvalue weighted by Crippen LogP contribution is -2.13. The van der Waals surface area contributed by atoms with Crippen LogP contribution < -0.4 is 0 Å². The van der Waals surface area contributed by atoms with Crippen LogP contribution in [0.25, 0.3) is 0 Å². The first-order valence-electron chi connectivity index (χ1n) is 13.3. The Bertz CT molecular complexity index is 704. The Kier molecular flexibility index (Phi) is 17.0. The van der Waals surface area contributed by atoms with Crippen LogP contribution in [0.2, 0.25) is 0 Å². The summed E-state index contributed by atoms with van der Waals surface area (Å²) in [4.78, 5) is 23.5. The van der Waals surface area contributed by atoms with Gasteiger partial charge in [0.15, 0.2) is 0 Å². The van der Waals surface area contributed by atoms with Crippen molar-refractivity contribution in [3.63, 3.8) is 0 Å². The summed E-state index contributed by atoms with van der Waals surface area (Å²) in [7, 11) is 0. The number of benzene rings is 1. The summed E-state index contributed by atoms with van der Waals surface area (Å²) in [6.07, 6.45) is 12.6. The van der Waals surface area contributed by atoms with Gasteiger partial charge < -0.3 is 9.47 Å². The van der Waals surface area contributed by atoms with Crippen molar-refractivity contribution >= 4 is 11.9 Å². The highest BCUT2D eigenvalue weighted by Gasteiger charge is 2.33. The van der Waals surface area contributed by atoms with Crippen LogP contribution in [-0.2, 0) is 31.8 Å². The molecule has 0 fully saturated rings. The number of alkyl halides is 3. The number of hydrogen-bond donors (Lipinski definition) is 0. The third-order valence-corrected chi connectivity index (χ3v) is 6.01. The topological polar surface area (TPSA) is 52.6 Å².